The van der Waals surface area contributed by atoms with Gasteiger partial charge in [0.25, 0.3) is 5.91 Å². The molecule has 0 radical (unpaired) electrons. The van der Waals surface area contributed by atoms with Gasteiger partial charge in [0, 0.05) is 34.8 Å². The van der Waals surface area contributed by atoms with Crippen molar-refractivity contribution in [2.45, 2.75) is 13.5 Å². The van der Waals surface area contributed by atoms with Crippen LogP contribution in [0.15, 0.2) is 67.3 Å². The van der Waals surface area contributed by atoms with Crippen LogP contribution in [0.1, 0.15) is 16.2 Å². The minimum absolute atomic E-state index is 0.0734. The van der Waals surface area contributed by atoms with Gasteiger partial charge in [-0.3, -0.25) is 14.6 Å². The van der Waals surface area contributed by atoms with Gasteiger partial charge in [0.15, 0.2) is 11.5 Å². The number of amides is 1. The number of carbonyl (C=O) groups excluding carboxylic acids is 1. The number of pyridine rings is 1. The topological polar surface area (TPSA) is 127 Å². The Bertz CT molecular complexity index is 1490. The van der Waals surface area contributed by atoms with Crippen molar-refractivity contribution >= 4 is 11.6 Å². The first kappa shape index (κ1) is 22.2. The van der Waals surface area contributed by atoms with Crippen molar-refractivity contribution in [2.24, 2.45) is 0 Å². The largest absolute Gasteiger partial charge is 0.394 e. The van der Waals surface area contributed by atoms with Gasteiger partial charge in [-0.25, -0.2) is 14.1 Å². The summed E-state index contributed by atoms with van der Waals surface area (Å²) in [5.74, 6) is -0.328. The van der Waals surface area contributed by atoms with Crippen LogP contribution in [0.5, 0.6) is 0 Å². The number of aryl methyl sites for hydroxylation is 1. The molecule has 0 aliphatic rings. The third-order valence-corrected chi connectivity index (χ3v) is 5.32. The van der Waals surface area contributed by atoms with Crippen LogP contribution in [0.25, 0.3) is 28.2 Å². The predicted molar refractivity (Wildman–Crippen MR) is 126 cm³/mol. The number of nitrogens with one attached hydrogen (secondary N) is 2. The molecule has 0 bridgehead atoms. The second-order valence-electron chi connectivity index (χ2n) is 7.82. The molecule has 0 aliphatic carbocycles. The zero-order valence-corrected chi connectivity index (χ0v) is 18.7. The van der Waals surface area contributed by atoms with Crippen molar-refractivity contribution in [2.75, 3.05) is 11.9 Å². The lowest BCUT2D eigenvalue weighted by atomic mass is 10.0. The van der Waals surface area contributed by atoms with E-state index in [1.807, 2.05) is 19.1 Å². The number of nitrogens with zero attached hydrogens (tertiary/aromatic N) is 6. The molecule has 0 unspecified atom stereocenters. The van der Waals surface area contributed by atoms with E-state index in [4.69, 9.17) is 5.11 Å². The molecular weight excluding hydrogens is 451 g/mol. The summed E-state index contributed by atoms with van der Waals surface area (Å²) in [5.41, 5.74) is 3.54. The number of hydrogen-bond donors (Lipinski definition) is 3. The van der Waals surface area contributed by atoms with E-state index in [9.17, 15) is 9.18 Å². The third-order valence-electron chi connectivity index (χ3n) is 5.32. The van der Waals surface area contributed by atoms with Crippen LogP contribution >= 0.6 is 0 Å². The van der Waals surface area contributed by atoms with Crippen molar-refractivity contribution in [1.29, 1.82) is 0 Å². The Morgan fingerprint density at radius 1 is 1.17 bits per heavy atom. The van der Waals surface area contributed by atoms with Gasteiger partial charge in [0.1, 0.15) is 5.82 Å². The summed E-state index contributed by atoms with van der Waals surface area (Å²) in [6.07, 6.45) is 6.25. The van der Waals surface area contributed by atoms with Crippen molar-refractivity contribution < 1.29 is 14.3 Å². The van der Waals surface area contributed by atoms with Gasteiger partial charge in [-0.05, 0) is 43.3 Å². The average molecular weight is 472 g/mol. The zero-order valence-electron chi connectivity index (χ0n) is 18.7. The number of carbonyl (C=O) groups is 1. The molecule has 4 aromatic heterocycles. The summed E-state index contributed by atoms with van der Waals surface area (Å²) in [7, 11) is 0. The molecule has 0 fully saturated rings. The summed E-state index contributed by atoms with van der Waals surface area (Å²) in [6, 6.07) is 11.8. The summed E-state index contributed by atoms with van der Waals surface area (Å²) in [6.45, 7) is 2.09. The van der Waals surface area contributed by atoms with Crippen LogP contribution in [0.4, 0.5) is 10.1 Å². The molecule has 0 atom stereocenters. The van der Waals surface area contributed by atoms with Gasteiger partial charge < -0.3 is 10.4 Å². The van der Waals surface area contributed by atoms with Crippen LogP contribution in [0.3, 0.4) is 0 Å². The van der Waals surface area contributed by atoms with E-state index in [0.717, 1.165) is 5.69 Å². The number of aromatic nitrogens is 7. The fourth-order valence-electron chi connectivity index (χ4n) is 3.67. The highest BCUT2D eigenvalue weighted by atomic mass is 19.1. The highest BCUT2D eigenvalue weighted by Crippen LogP contribution is 2.30. The molecule has 0 saturated carbocycles. The molecule has 35 heavy (non-hydrogen) atoms. The highest BCUT2D eigenvalue weighted by molar-refractivity contribution is 6.03. The first-order valence-electron chi connectivity index (χ1n) is 10.8. The fourth-order valence-corrected chi connectivity index (χ4v) is 3.67. The van der Waals surface area contributed by atoms with E-state index in [2.05, 4.69) is 30.7 Å². The van der Waals surface area contributed by atoms with E-state index >= 15 is 0 Å². The average Bonchev–Trinajstić information content (AvgIpc) is 3.61. The molecule has 1 aromatic carbocycles. The van der Waals surface area contributed by atoms with E-state index in [1.54, 1.807) is 52.2 Å². The SMILES string of the molecule is Cc1cccc(-n2nc(C(=O)Nc3cn[nH]c3)cc2-c2ccc(F)c(-c3cnn(CCO)c3)c2)n1. The van der Waals surface area contributed by atoms with Crippen molar-refractivity contribution in [3.63, 3.8) is 0 Å². The number of benzene rings is 1. The zero-order chi connectivity index (χ0) is 24.4. The van der Waals surface area contributed by atoms with Crippen LogP contribution in [0.2, 0.25) is 0 Å². The molecule has 4 heterocycles. The maximum Gasteiger partial charge on any atom is 0.276 e. The second-order valence-corrected chi connectivity index (χ2v) is 7.82. The molecule has 5 aromatic rings. The first-order chi connectivity index (χ1) is 17.0. The number of aromatic amines is 1. The monoisotopic (exact) mass is 472 g/mol. The molecule has 11 heteroatoms. The molecule has 10 nitrogen and oxygen atoms in total. The summed E-state index contributed by atoms with van der Waals surface area (Å²) < 4.78 is 17.9. The van der Waals surface area contributed by atoms with Crippen LogP contribution in [0, 0.1) is 12.7 Å². The number of rotatable bonds is 7. The van der Waals surface area contributed by atoms with Gasteiger partial charge in [0.2, 0.25) is 0 Å². The number of H-pyrrole nitrogens is 1. The van der Waals surface area contributed by atoms with Crippen molar-refractivity contribution in [1.82, 2.24) is 34.7 Å². The van der Waals surface area contributed by atoms with Gasteiger partial charge in [-0.15, -0.1) is 0 Å². The Morgan fingerprint density at radius 2 is 2.06 bits per heavy atom. The smallest absolute Gasteiger partial charge is 0.276 e. The molecule has 0 spiro atoms. The van der Waals surface area contributed by atoms with Gasteiger partial charge in [0.05, 0.1) is 36.9 Å². The fraction of sp³-hybridized carbons (Fsp3) is 0.125. The second kappa shape index (κ2) is 9.31. The molecule has 176 valence electrons. The molecule has 1 amide bonds. The predicted octanol–water partition coefficient (Wildman–Crippen LogP) is 3.21. The van der Waals surface area contributed by atoms with E-state index in [-0.39, 0.29) is 12.3 Å². The van der Waals surface area contributed by atoms with Gasteiger partial charge in [-0.1, -0.05) is 6.07 Å². The molecule has 0 saturated heterocycles. The minimum Gasteiger partial charge on any atom is -0.394 e. The van der Waals surface area contributed by atoms with E-state index in [1.165, 1.54) is 12.3 Å². The van der Waals surface area contributed by atoms with Gasteiger partial charge >= 0.3 is 0 Å². The van der Waals surface area contributed by atoms with Crippen molar-refractivity contribution in [3.8, 4) is 28.2 Å². The van der Waals surface area contributed by atoms with Crippen LogP contribution < -0.4 is 5.32 Å². The van der Waals surface area contributed by atoms with Crippen LogP contribution in [-0.4, -0.2) is 52.4 Å². The lowest BCUT2D eigenvalue weighted by molar-refractivity contribution is 0.102. The number of hydrogen-bond acceptors (Lipinski definition) is 6. The number of aliphatic hydroxyl groups is 1. The Kier molecular flexibility index (Phi) is 5.90. The Balaban J connectivity index is 1.60. The molecule has 0 aliphatic heterocycles. The number of halogens is 1. The Hall–Kier alpha value is -4.64. The van der Waals surface area contributed by atoms with Crippen molar-refractivity contribution in [3.05, 3.63) is 84.5 Å². The highest BCUT2D eigenvalue weighted by Gasteiger charge is 2.19. The lowest BCUT2D eigenvalue weighted by Crippen LogP contribution is -2.13. The normalized spacial score (nSPS) is 11.1. The third kappa shape index (κ3) is 4.57. The molecule has 3 N–H and O–H groups in total. The Morgan fingerprint density at radius 3 is 2.83 bits per heavy atom. The maximum atomic E-state index is 14.8. The molecule has 5 rings (SSSR count). The maximum absolute atomic E-state index is 14.8. The summed E-state index contributed by atoms with van der Waals surface area (Å²) in [4.78, 5) is 17.4. The number of aliphatic hydroxyl groups excluding tert-OH is 1. The lowest BCUT2D eigenvalue weighted by Gasteiger charge is -2.09. The van der Waals surface area contributed by atoms with E-state index < -0.39 is 11.7 Å². The van der Waals surface area contributed by atoms with Crippen LogP contribution in [-0.2, 0) is 6.54 Å². The number of anilines is 1. The Labute approximate surface area is 199 Å². The van der Waals surface area contributed by atoms with E-state index in [0.29, 0.717) is 40.4 Å². The molecular formula is C24H21FN8O2. The summed E-state index contributed by atoms with van der Waals surface area (Å²) in [5, 5.41) is 27.0. The van der Waals surface area contributed by atoms with Gasteiger partial charge in [-0.2, -0.15) is 15.3 Å². The summed E-state index contributed by atoms with van der Waals surface area (Å²) >= 11 is 0. The standard InChI is InChI=1S/C24H21FN8O2/c1-15-3-2-4-23(29-15)33-22(10-21(31-33)24(35)30-18-12-26-27-13-18)16-5-6-20(25)19(9-16)17-11-28-32(14-17)7-8-34/h2-6,9-14,34H,7-8H2,1H3,(H,26,27)(H,30,35). The quantitative estimate of drug-likeness (QED) is 0.334. The minimum atomic E-state index is -0.424. The first-order valence-corrected chi connectivity index (χ1v) is 10.8.